The summed E-state index contributed by atoms with van der Waals surface area (Å²) in [6.45, 7) is 1.97. The molecule has 27 heavy (non-hydrogen) atoms. The molecule has 0 saturated carbocycles. The van der Waals surface area contributed by atoms with Crippen molar-refractivity contribution in [2.75, 3.05) is 5.32 Å². The van der Waals surface area contributed by atoms with Crippen LogP contribution in [-0.2, 0) is 0 Å². The monoisotopic (exact) mass is 371 g/mol. The van der Waals surface area contributed by atoms with E-state index < -0.39 is 0 Å². The summed E-state index contributed by atoms with van der Waals surface area (Å²) in [6.07, 6.45) is 7.08. The minimum absolute atomic E-state index is 0.139. The predicted molar refractivity (Wildman–Crippen MR) is 110 cm³/mol. The van der Waals surface area contributed by atoms with Gasteiger partial charge in [0.25, 0.3) is 5.91 Å². The van der Waals surface area contributed by atoms with Gasteiger partial charge in [-0.25, -0.2) is 0 Å². The van der Waals surface area contributed by atoms with E-state index >= 15 is 0 Å². The number of carbonyl (C=O) groups is 1. The highest BCUT2D eigenvalue weighted by Crippen LogP contribution is 2.32. The molecule has 0 fully saturated rings. The van der Waals surface area contributed by atoms with Crippen LogP contribution in [0.3, 0.4) is 0 Å². The van der Waals surface area contributed by atoms with Crippen LogP contribution in [0, 0.1) is 6.92 Å². The third kappa shape index (κ3) is 3.93. The van der Waals surface area contributed by atoms with E-state index in [0.717, 1.165) is 27.1 Å². The standard InChI is InChI=1S/C22H17N3OS/c1-15-4-2-5-16(8-15)22(26)25-20-9-18(12-24-13-20)21-10-19(14-27-21)17-6-3-7-23-11-17/h2-14H,1H3,(H,25,26). The highest BCUT2D eigenvalue weighted by atomic mass is 32.1. The number of carbonyl (C=O) groups excluding carboxylic acids is 1. The third-order valence-electron chi connectivity index (χ3n) is 4.16. The minimum Gasteiger partial charge on any atom is -0.321 e. The van der Waals surface area contributed by atoms with Crippen molar-refractivity contribution in [2.24, 2.45) is 0 Å². The van der Waals surface area contributed by atoms with Gasteiger partial charge >= 0.3 is 0 Å². The third-order valence-corrected chi connectivity index (χ3v) is 5.13. The molecular weight excluding hydrogens is 354 g/mol. The van der Waals surface area contributed by atoms with E-state index in [0.29, 0.717) is 11.3 Å². The number of thiophene rings is 1. The molecule has 3 aromatic heterocycles. The Morgan fingerprint density at radius 1 is 0.926 bits per heavy atom. The Kier molecular flexibility index (Phi) is 4.77. The lowest BCUT2D eigenvalue weighted by Gasteiger charge is -2.07. The molecule has 0 aliphatic heterocycles. The van der Waals surface area contributed by atoms with Gasteiger partial charge in [-0.2, -0.15) is 0 Å². The van der Waals surface area contributed by atoms with Crippen LogP contribution in [0.5, 0.6) is 0 Å². The molecule has 5 heteroatoms. The van der Waals surface area contributed by atoms with Gasteiger partial charge in [0.15, 0.2) is 0 Å². The Balaban J connectivity index is 1.56. The molecule has 1 aromatic carbocycles. The molecule has 1 amide bonds. The molecular formula is C22H17N3OS. The molecule has 0 atom stereocenters. The van der Waals surface area contributed by atoms with E-state index in [9.17, 15) is 4.79 Å². The first-order valence-electron chi connectivity index (χ1n) is 8.51. The quantitative estimate of drug-likeness (QED) is 0.520. The Hall–Kier alpha value is -3.31. The van der Waals surface area contributed by atoms with Crippen molar-refractivity contribution in [2.45, 2.75) is 6.92 Å². The Morgan fingerprint density at radius 2 is 1.81 bits per heavy atom. The van der Waals surface area contributed by atoms with Crippen molar-refractivity contribution < 1.29 is 4.79 Å². The van der Waals surface area contributed by atoms with Gasteiger partial charge in [-0.15, -0.1) is 11.3 Å². The highest BCUT2D eigenvalue weighted by Gasteiger charge is 2.09. The van der Waals surface area contributed by atoms with Crippen molar-refractivity contribution in [3.8, 4) is 21.6 Å². The molecule has 3 heterocycles. The first-order chi connectivity index (χ1) is 13.2. The predicted octanol–water partition coefficient (Wildman–Crippen LogP) is 5.43. The number of benzene rings is 1. The van der Waals surface area contributed by atoms with E-state index in [1.807, 2.05) is 49.5 Å². The van der Waals surface area contributed by atoms with Gasteiger partial charge in [0, 0.05) is 40.2 Å². The number of aromatic nitrogens is 2. The largest absolute Gasteiger partial charge is 0.321 e. The van der Waals surface area contributed by atoms with E-state index in [2.05, 4.69) is 26.7 Å². The summed E-state index contributed by atoms with van der Waals surface area (Å²) >= 11 is 1.64. The zero-order valence-corrected chi connectivity index (χ0v) is 15.5. The second kappa shape index (κ2) is 7.51. The van der Waals surface area contributed by atoms with Gasteiger partial charge in [0.1, 0.15) is 0 Å². The molecule has 0 radical (unpaired) electrons. The molecule has 0 aliphatic carbocycles. The Labute approximate surface area is 161 Å². The highest BCUT2D eigenvalue weighted by molar-refractivity contribution is 7.14. The Bertz CT molecular complexity index is 1090. The minimum atomic E-state index is -0.139. The maximum atomic E-state index is 12.5. The van der Waals surface area contributed by atoms with Crippen LogP contribution in [0.2, 0.25) is 0 Å². The fourth-order valence-corrected chi connectivity index (χ4v) is 3.71. The van der Waals surface area contributed by atoms with Crippen molar-refractivity contribution >= 4 is 22.9 Å². The van der Waals surface area contributed by atoms with E-state index in [-0.39, 0.29) is 5.91 Å². The topological polar surface area (TPSA) is 54.9 Å². The number of aryl methyl sites for hydroxylation is 1. The van der Waals surface area contributed by atoms with Crippen LogP contribution in [0.25, 0.3) is 21.6 Å². The van der Waals surface area contributed by atoms with Gasteiger partial charge in [-0.3, -0.25) is 14.8 Å². The van der Waals surface area contributed by atoms with Gasteiger partial charge in [0.05, 0.1) is 11.9 Å². The molecule has 0 bridgehead atoms. The van der Waals surface area contributed by atoms with Crippen molar-refractivity contribution in [3.63, 3.8) is 0 Å². The molecule has 132 valence electrons. The molecule has 4 aromatic rings. The van der Waals surface area contributed by atoms with Crippen LogP contribution < -0.4 is 5.32 Å². The van der Waals surface area contributed by atoms with Crippen molar-refractivity contribution in [1.29, 1.82) is 0 Å². The molecule has 0 aliphatic rings. The number of pyridine rings is 2. The maximum absolute atomic E-state index is 12.5. The van der Waals surface area contributed by atoms with Gasteiger partial charge < -0.3 is 5.32 Å². The zero-order chi connectivity index (χ0) is 18.6. The number of anilines is 1. The van der Waals surface area contributed by atoms with Crippen LogP contribution in [0.15, 0.2) is 78.7 Å². The first kappa shape index (κ1) is 17.1. The smallest absolute Gasteiger partial charge is 0.255 e. The van der Waals surface area contributed by atoms with Crippen LogP contribution in [0.4, 0.5) is 5.69 Å². The lowest BCUT2D eigenvalue weighted by molar-refractivity contribution is 0.102. The number of nitrogens with one attached hydrogen (secondary N) is 1. The average Bonchev–Trinajstić information content (AvgIpc) is 3.19. The first-order valence-corrected chi connectivity index (χ1v) is 9.39. The Morgan fingerprint density at radius 3 is 2.63 bits per heavy atom. The summed E-state index contributed by atoms with van der Waals surface area (Å²) in [5, 5.41) is 5.03. The van der Waals surface area contributed by atoms with Crippen LogP contribution in [-0.4, -0.2) is 15.9 Å². The van der Waals surface area contributed by atoms with Crippen LogP contribution in [0.1, 0.15) is 15.9 Å². The lowest BCUT2D eigenvalue weighted by Crippen LogP contribution is -2.12. The summed E-state index contributed by atoms with van der Waals surface area (Å²) in [5.74, 6) is -0.139. The van der Waals surface area contributed by atoms with E-state index in [1.54, 1.807) is 36.0 Å². The summed E-state index contributed by atoms with van der Waals surface area (Å²) in [4.78, 5) is 22.0. The SMILES string of the molecule is Cc1cccc(C(=O)Nc2cncc(-c3cc(-c4cccnc4)cs3)c2)c1. The second-order valence-electron chi connectivity index (χ2n) is 6.23. The molecule has 0 unspecified atom stereocenters. The van der Waals surface area contributed by atoms with Gasteiger partial charge in [-0.1, -0.05) is 23.8 Å². The molecule has 4 nitrogen and oxygen atoms in total. The van der Waals surface area contributed by atoms with Gasteiger partial charge in [-0.05, 0) is 48.2 Å². The zero-order valence-electron chi connectivity index (χ0n) is 14.7. The average molecular weight is 371 g/mol. The molecule has 0 spiro atoms. The summed E-state index contributed by atoms with van der Waals surface area (Å²) in [5.41, 5.74) is 5.54. The van der Waals surface area contributed by atoms with Crippen molar-refractivity contribution in [1.82, 2.24) is 9.97 Å². The molecule has 1 N–H and O–H groups in total. The summed E-state index contributed by atoms with van der Waals surface area (Å²) in [6, 6.07) is 15.5. The summed E-state index contributed by atoms with van der Waals surface area (Å²) < 4.78 is 0. The number of hydrogen-bond acceptors (Lipinski definition) is 4. The number of rotatable bonds is 4. The van der Waals surface area contributed by atoms with Gasteiger partial charge in [0.2, 0.25) is 0 Å². The fraction of sp³-hybridized carbons (Fsp3) is 0.0455. The lowest BCUT2D eigenvalue weighted by atomic mass is 10.1. The number of amides is 1. The number of hydrogen-bond donors (Lipinski definition) is 1. The number of nitrogens with zero attached hydrogens (tertiary/aromatic N) is 2. The maximum Gasteiger partial charge on any atom is 0.255 e. The summed E-state index contributed by atoms with van der Waals surface area (Å²) in [7, 11) is 0. The van der Waals surface area contributed by atoms with E-state index in [1.165, 1.54) is 0 Å². The normalized spacial score (nSPS) is 10.6. The fourth-order valence-electron chi connectivity index (χ4n) is 2.81. The van der Waals surface area contributed by atoms with Crippen molar-refractivity contribution in [3.05, 3.63) is 89.8 Å². The molecule has 4 rings (SSSR count). The van der Waals surface area contributed by atoms with E-state index in [4.69, 9.17) is 0 Å². The van der Waals surface area contributed by atoms with Crippen LogP contribution >= 0.6 is 11.3 Å². The second-order valence-corrected chi connectivity index (χ2v) is 7.14. The molecule has 0 saturated heterocycles.